The molecule has 0 aliphatic carbocycles. The normalized spacial score (nSPS) is 12.0. The first kappa shape index (κ1) is 22.3. The molecular formula is C22H23N5O5. The highest BCUT2D eigenvalue weighted by Crippen LogP contribution is 2.15. The van der Waals surface area contributed by atoms with Crippen molar-refractivity contribution in [3.05, 3.63) is 76.9 Å². The van der Waals surface area contributed by atoms with Crippen molar-refractivity contribution in [3.63, 3.8) is 0 Å². The van der Waals surface area contributed by atoms with Crippen molar-refractivity contribution in [2.45, 2.75) is 25.4 Å². The highest BCUT2D eigenvalue weighted by molar-refractivity contribution is 5.96. The average Bonchev–Trinajstić information content (AvgIpc) is 3.15. The van der Waals surface area contributed by atoms with Gasteiger partial charge in [0.2, 0.25) is 11.8 Å². The maximum Gasteiger partial charge on any atom is 0.405 e. The number of para-hydroxylation sites is 1. The van der Waals surface area contributed by atoms with E-state index in [4.69, 9.17) is 10.8 Å². The number of hydrogen-bond acceptors (Lipinski definition) is 4. The number of nitrogens with one attached hydrogen (secondary N) is 3. The fraction of sp³-hybridized carbons (Fsp3) is 0.182. The molecule has 1 aromatic carbocycles. The highest BCUT2D eigenvalue weighted by atomic mass is 16.4. The maximum absolute atomic E-state index is 12.8. The van der Waals surface area contributed by atoms with Gasteiger partial charge in [-0.1, -0.05) is 24.3 Å². The molecule has 2 aromatic heterocycles. The second-order valence-electron chi connectivity index (χ2n) is 7.11. The molecule has 3 aromatic rings. The van der Waals surface area contributed by atoms with Crippen LogP contribution in [0.5, 0.6) is 0 Å². The van der Waals surface area contributed by atoms with Crippen molar-refractivity contribution in [1.82, 2.24) is 14.9 Å². The third-order valence-electron chi connectivity index (χ3n) is 4.72. The van der Waals surface area contributed by atoms with E-state index in [1.165, 1.54) is 16.7 Å². The first-order valence-corrected chi connectivity index (χ1v) is 9.86. The molecule has 0 saturated heterocycles. The van der Waals surface area contributed by atoms with Crippen molar-refractivity contribution in [2.75, 3.05) is 5.32 Å². The third kappa shape index (κ3) is 5.85. The lowest BCUT2D eigenvalue weighted by Gasteiger charge is -2.16. The molecule has 6 N–H and O–H groups in total. The van der Waals surface area contributed by atoms with Crippen LogP contribution in [-0.2, 0) is 16.1 Å². The molecule has 1 atom stereocenters. The third-order valence-corrected chi connectivity index (χ3v) is 4.72. The van der Waals surface area contributed by atoms with Crippen LogP contribution in [0.25, 0.3) is 10.9 Å². The van der Waals surface area contributed by atoms with Crippen molar-refractivity contribution in [3.8, 4) is 0 Å². The number of fused-ring (bicyclic) bond motifs is 1. The summed E-state index contributed by atoms with van der Waals surface area (Å²) in [5, 5.41) is 14.6. The Labute approximate surface area is 182 Å². The average molecular weight is 437 g/mol. The summed E-state index contributed by atoms with van der Waals surface area (Å²) in [6, 6.07) is 11.6. The molecule has 2 heterocycles. The van der Waals surface area contributed by atoms with Crippen LogP contribution in [0.15, 0.2) is 65.6 Å². The molecule has 0 fully saturated rings. The summed E-state index contributed by atoms with van der Waals surface area (Å²) in [5.74, 6) is -1.32. The van der Waals surface area contributed by atoms with Crippen LogP contribution in [0.4, 0.5) is 10.5 Å². The number of anilines is 1. The number of primary amides is 1. The zero-order valence-electron chi connectivity index (χ0n) is 17.1. The molecule has 0 aliphatic heterocycles. The van der Waals surface area contributed by atoms with E-state index in [1.54, 1.807) is 12.3 Å². The minimum Gasteiger partial charge on any atom is -0.465 e. The van der Waals surface area contributed by atoms with Gasteiger partial charge in [-0.2, -0.15) is 0 Å². The van der Waals surface area contributed by atoms with E-state index in [0.29, 0.717) is 0 Å². The SMILES string of the molecule is NC(=O)/C=C/CC[C@H](NC(=O)O)C(=O)Nc1cccn(Cc2cc3ccccc3[nH]2)c1=O. The van der Waals surface area contributed by atoms with E-state index in [0.717, 1.165) is 22.7 Å². The molecule has 10 heteroatoms. The van der Waals surface area contributed by atoms with E-state index in [2.05, 4.69) is 15.6 Å². The van der Waals surface area contributed by atoms with Gasteiger partial charge in [-0.05, 0) is 48.6 Å². The summed E-state index contributed by atoms with van der Waals surface area (Å²) < 4.78 is 1.44. The lowest BCUT2D eigenvalue weighted by Crippen LogP contribution is -2.44. The molecule has 10 nitrogen and oxygen atoms in total. The summed E-state index contributed by atoms with van der Waals surface area (Å²) in [7, 11) is 0. The summed E-state index contributed by atoms with van der Waals surface area (Å²) in [6.07, 6.45) is 3.12. The van der Waals surface area contributed by atoms with Gasteiger partial charge in [0.1, 0.15) is 11.7 Å². The van der Waals surface area contributed by atoms with Gasteiger partial charge in [-0.25, -0.2) is 4.79 Å². The number of nitrogens with two attached hydrogens (primary N) is 1. The molecule has 0 radical (unpaired) electrons. The van der Waals surface area contributed by atoms with Gasteiger partial charge in [0, 0.05) is 17.4 Å². The highest BCUT2D eigenvalue weighted by Gasteiger charge is 2.21. The van der Waals surface area contributed by atoms with Gasteiger partial charge in [-0.15, -0.1) is 0 Å². The van der Waals surface area contributed by atoms with Crippen LogP contribution in [0, 0.1) is 0 Å². The van der Waals surface area contributed by atoms with Crippen LogP contribution in [0.3, 0.4) is 0 Å². The van der Waals surface area contributed by atoms with Crippen LogP contribution >= 0.6 is 0 Å². The van der Waals surface area contributed by atoms with Gasteiger partial charge < -0.3 is 31.0 Å². The van der Waals surface area contributed by atoms with Crippen molar-refractivity contribution in [1.29, 1.82) is 0 Å². The second-order valence-corrected chi connectivity index (χ2v) is 7.11. The van der Waals surface area contributed by atoms with E-state index in [9.17, 15) is 19.2 Å². The summed E-state index contributed by atoms with van der Waals surface area (Å²) in [4.78, 5) is 50.5. The Morgan fingerprint density at radius 3 is 2.69 bits per heavy atom. The monoisotopic (exact) mass is 437 g/mol. The minimum atomic E-state index is -1.38. The molecule has 32 heavy (non-hydrogen) atoms. The molecule has 0 saturated carbocycles. The number of aromatic amines is 1. The predicted molar refractivity (Wildman–Crippen MR) is 119 cm³/mol. The molecule has 3 amide bonds. The largest absolute Gasteiger partial charge is 0.465 e. The smallest absolute Gasteiger partial charge is 0.405 e. The minimum absolute atomic E-state index is 0.0264. The zero-order valence-corrected chi connectivity index (χ0v) is 17.1. The van der Waals surface area contributed by atoms with Gasteiger partial charge in [0.05, 0.1) is 6.54 Å². The number of pyridine rings is 1. The number of carbonyl (C=O) groups is 3. The standard InChI is InChI=1S/C22H23N5O5/c23-19(28)10-4-3-8-17(26-22(31)32)20(29)25-18-9-5-11-27(21(18)30)13-15-12-14-6-1-2-7-16(14)24-15/h1-2,4-7,9-12,17,24,26H,3,8,13H2,(H2,23,28)(H,25,29)(H,31,32)/b10-4+/t17-/m0/s1. The number of amides is 3. The Morgan fingerprint density at radius 2 is 1.97 bits per heavy atom. The van der Waals surface area contributed by atoms with E-state index < -0.39 is 29.5 Å². The summed E-state index contributed by atoms with van der Waals surface area (Å²) in [5.41, 5.74) is 6.38. The first-order chi connectivity index (χ1) is 15.3. The zero-order chi connectivity index (χ0) is 23.1. The molecule has 0 bridgehead atoms. The maximum atomic E-state index is 12.8. The number of carbonyl (C=O) groups excluding carboxylic acids is 2. The summed E-state index contributed by atoms with van der Waals surface area (Å²) in [6.45, 7) is 0.270. The number of allylic oxidation sites excluding steroid dienone is 1. The van der Waals surface area contributed by atoms with Crippen LogP contribution < -0.4 is 21.9 Å². The molecule has 3 rings (SSSR count). The molecular weight excluding hydrogens is 414 g/mol. The predicted octanol–water partition coefficient (Wildman–Crippen LogP) is 1.77. The van der Waals surface area contributed by atoms with E-state index >= 15 is 0 Å². The molecule has 0 spiro atoms. The number of carboxylic acid groups (broad SMARTS) is 1. The second kappa shape index (κ2) is 10.1. The first-order valence-electron chi connectivity index (χ1n) is 9.86. The van der Waals surface area contributed by atoms with Crippen LogP contribution in [0.1, 0.15) is 18.5 Å². The molecule has 166 valence electrons. The van der Waals surface area contributed by atoms with E-state index in [-0.39, 0.29) is 25.1 Å². The lowest BCUT2D eigenvalue weighted by atomic mass is 10.1. The topological polar surface area (TPSA) is 159 Å². The van der Waals surface area contributed by atoms with Crippen molar-refractivity contribution in [2.24, 2.45) is 5.73 Å². The Hall–Kier alpha value is -4.34. The molecule has 0 aliphatic rings. The van der Waals surface area contributed by atoms with Crippen molar-refractivity contribution >= 4 is 34.5 Å². The Morgan fingerprint density at radius 1 is 1.19 bits per heavy atom. The van der Waals surface area contributed by atoms with Gasteiger partial charge in [-0.3, -0.25) is 14.4 Å². The van der Waals surface area contributed by atoms with Crippen molar-refractivity contribution < 1.29 is 19.5 Å². The number of rotatable bonds is 9. The number of aromatic nitrogens is 2. The number of hydrogen-bond donors (Lipinski definition) is 5. The molecule has 0 unspecified atom stereocenters. The fourth-order valence-corrected chi connectivity index (χ4v) is 3.26. The van der Waals surface area contributed by atoms with Crippen LogP contribution in [-0.4, -0.2) is 38.6 Å². The summed E-state index contributed by atoms with van der Waals surface area (Å²) >= 11 is 0. The quantitative estimate of drug-likeness (QED) is 0.322. The van der Waals surface area contributed by atoms with Crippen LogP contribution in [0.2, 0.25) is 0 Å². The Balaban J connectivity index is 1.73. The Kier molecular flexibility index (Phi) is 7.06. The number of nitrogens with zero attached hydrogens (tertiary/aromatic N) is 1. The lowest BCUT2D eigenvalue weighted by molar-refractivity contribution is -0.118. The number of H-pyrrole nitrogens is 1. The van der Waals surface area contributed by atoms with Gasteiger partial charge in [0.25, 0.3) is 5.56 Å². The van der Waals surface area contributed by atoms with Gasteiger partial charge >= 0.3 is 6.09 Å². The van der Waals surface area contributed by atoms with E-state index in [1.807, 2.05) is 30.3 Å². The fourth-order valence-electron chi connectivity index (χ4n) is 3.26. The Bertz CT molecular complexity index is 1190. The van der Waals surface area contributed by atoms with Gasteiger partial charge in [0.15, 0.2) is 0 Å². The number of benzene rings is 1.